The van der Waals surface area contributed by atoms with Crippen molar-refractivity contribution in [3.8, 4) is 0 Å². The number of carbonyl (C=O) groups excluding carboxylic acids is 1. The van der Waals surface area contributed by atoms with Gasteiger partial charge in [0.1, 0.15) is 5.60 Å². The van der Waals surface area contributed by atoms with Gasteiger partial charge in [0, 0.05) is 22.1 Å². The van der Waals surface area contributed by atoms with Crippen LogP contribution in [0.2, 0.25) is 0 Å². The number of rotatable bonds is 0. The summed E-state index contributed by atoms with van der Waals surface area (Å²) < 4.78 is 6.54. The number of thiophene rings is 1. The molecule has 0 radical (unpaired) electrons. The van der Waals surface area contributed by atoms with Crippen molar-refractivity contribution in [2.45, 2.75) is 37.8 Å². The number of nitrogens with zero attached hydrogens (tertiary/aromatic N) is 1. The zero-order valence-electron chi connectivity index (χ0n) is 10.7. The van der Waals surface area contributed by atoms with E-state index >= 15 is 0 Å². The van der Waals surface area contributed by atoms with Crippen LogP contribution in [0.3, 0.4) is 0 Å². The van der Waals surface area contributed by atoms with Crippen LogP contribution < -0.4 is 0 Å². The van der Waals surface area contributed by atoms with Gasteiger partial charge in [-0.1, -0.05) is 0 Å². The highest BCUT2D eigenvalue weighted by Crippen LogP contribution is 2.37. The summed E-state index contributed by atoms with van der Waals surface area (Å²) in [6, 6.07) is 2.13. The summed E-state index contributed by atoms with van der Waals surface area (Å²) in [6.07, 6.45) is -0.222. The first-order valence-electron chi connectivity index (χ1n) is 5.74. The number of hydrogen-bond donors (Lipinski definition) is 0. The van der Waals surface area contributed by atoms with Crippen LogP contribution in [0.4, 0.5) is 4.79 Å². The molecule has 1 aliphatic heterocycles. The van der Waals surface area contributed by atoms with Crippen molar-refractivity contribution in [3.63, 3.8) is 0 Å². The topological polar surface area (TPSA) is 29.5 Å². The molecule has 100 valence electrons. The molecule has 3 nitrogen and oxygen atoms in total. The zero-order chi connectivity index (χ0) is 13.3. The number of fused-ring (bicyclic) bond motifs is 1. The van der Waals surface area contributed by atoms with E-state index in [0.717, 1.165) is 16.1 Å². The van der Waals surface area contributed by atoms with Crippen molar-refractivity contribution in [1.29, 1.82) is 0 Å². The fraction of sp³-hybridized carbons (Fsp3) is 0.583. The minimum absolute atomic E-state index is 0.222. The van der Waals surface area contributed by atoms with Gasteiger partial charge in [0.25, 0.3) is 0 Å². The maximum absolute atomic E-state index is 12.1. The predicted molar refractivity (Wildman–Crippen MR) is 79.4 cm³/mol. The molecule has 0 bridgehead atoms. The molecule has 2 heterocycles. The molecule has 0 aliphatic carbocycles. The molecule has 0 spiro atoms. The highest BCUT2D eigenvalue weighted by Gasteiger charge is 2.25. The van der Waals surface area contributed by atoms with Gasteiger partial charge < -0.3 is 9.64 Å². The summed E-state index contributed by atoms with van der Waals surface area (Å²) in [5, 5.41) is 0. The molecule has 0 aromatic carbocycles. The van der Waals surface area contributed by atoms with E-state index in [1.165, 1.54) is 9.77 Å². The van der Waals surface area contributed by atoms with Gasteiger partial charge in [-0.2, -0.15) is 0 Å². The third-order valence-corrected chi connectivity index (χ3v) is 5.16. The number of halogens is 1. The molecule has 1 amide bonds. The van der Waals surface area contributed by atoms with E-state index < -0.39 is 5.60 Å². The van der Waals surface area contributed by atoms with Crippen LogP contribution in [-0.4, -0.2) is 28.9 Å². The molecule has 1 aromatic rings. The van der Waals surface area contributed by atoms with Gasteiger partial charge in [0.05, 0.1) is 10.3 Å². The summed E-state index contributed by atoms with van der Waals surface area (Å²) in [7, 11) is 0. The Bertz CT molecular complexity index is 453. The van der Waals surface area contributed by atoms with Crippen molar-refractivity contribution >= 4 is 45.1 Å². The number of ether oxygens (including phenoxy) is 1. The summed E-state index contributed by atoms with van der Waals surface area (Å²) in [5.41, 5.74) is -0.435. The van der Waals surface area contributed by atoms with Gasteiger partial charge in [-0.15, -0.1) is 23.1 Å². The average Bonchev–Trinajstić information content (AvgIpc) is 2.43. The van der Waals surface area contributed by atoms with Crippen LogP contribution in [0, 0.1) is 0 Å². The largest absolute Gasteiger partial charge is 0.444 e. The molecule has 0 fully saturated rings. The van der Waals surface area contributed by atoms with Crippen molar-refractivity contribution in [2.24, 2.45) is 0 Å². The molecule has 2 rings (SSSR count). The Balaban J connectivity index is 2.09. The molecular formula is C12H16BrNO2S2. The number of amides is 1. The lowest BCUT2D eigenvalue weighted by atomic mass is 10.2. The zero-order valence-corrected chi connectivity index (χ0v) is 13.9. The average molecular weight is 350 g/mol. The van der Waals surface area contributed by atoms with Crippen LogP contribution >= 0.6 is 39.0 Å². The molecule has 1 aliphatic rings. The van der Waals surface area contributed by atoms with E-state index in [1.54, 1.807) is 28.0 Å². The monoisotopic (exact) mass is 349 g/mol. The van der Waals surface area contributed by atoms with Crippen LogP contribution in [0.1, 0.15) is 25.6 Å². The van der Waals surface area contributed by atoms with E-state index in [9.17, 15) is 4.79 Å². The Hall–Kier alpha value is -0.200. The lowest BCUT2D eigenvalue weighted by molar-refractivity contribution is 0.0249. The van der Waals surface area contributed by atoms with Crippen molar-refractivity contribution in [3.05, 3.63) is 14.7 Å². The second kappa shape index (κ2) is 5.43. The summed E-state index contributed by atoms with van der Waals surface area (Å²) in [6.45, 7) is 7.06. The SMILES string of the molecule is CC(C)(C)OC(=O)N1CCSc2cc(Br)sc2C1. The Morgan fingerprint density at radius 3 is 2.89 bits per heavy atom. The quantitative estimate of drug-likeness (QED) is 0.697. The van der Waals surface area contributed by atoms with Gasteiger partial charge in [0.2, 0.25) is 0 Å². The highest BCUT2D eigenvalue weighted by atomic mass is 79.9. The minimum Gasteiger partial charge on any atom is -0.444 e. The summed E-state index contributed by atoms with van der Waals surface area (Å²) in [5.74, 6) is 0.912. The lowest BCUT2D eigenvalue weighted by Gasteiger charge is -2.26. The van der Waals surface area contributed by atoms with Gasteiger partial charge >= 0.3 is 6.09 Å². The molecule has 0 atom stereocenters. The standard InChI is InChI=1S/C12H16BrNO2S2/c1-12(2,3)16-11(15)14-4-5-17-8-6-10(13)18-9(8)7-14/h6H,4-5,7H2,1-3H3. The van der Waals surface area contributed by atoms with Gasteiger partial charge in [-0.25, -0.2) is 4.79 Å². The maximum atomic E-state index is 12.1. The molecule has 0 saturated carbocycles. The Labute approximate surface area is 124 Å². The van der Waals surface area contributed by atoms with E-state index in [-0.39, 0.29) is 6.09 Å². The van der Waals surface area contributed by atoms with Gasteiger partial charge in [0.15, 0.2) is 0 Å². The second-order valence-electron chi connectivity index (χ2n) is 5.09. The van der Waals surface area contributed by atoms with Crippen molar-refractivity contribution < 1.29 is 9.53 Å². The molecule has 0 unspecified atom stereocenters. The first-order valence-corrected chi connectivity index (χ1v) is 8.33. The smallest absolute Gasteiger partial charge is 0.410 e. The summed E-state index contributed by atoms with van der Waals surface area (Å²) in [4.78, 5) is 16.4. The number of carbonyl (C=O) groups is 1. The minimum atomic E-state index is -0.435. The first-order chi connectivity index (χ1) is 8.35. The van der Waals surface area contributed by atoms with E-state index in [1.807, 2.05) is 20.8 Å². The Morgan fingerprint density at radius 1 is 1.50 bits per heavy atom. The number of hydrogen-bond acceptors (Lipinski definition) is 4. The Morgan fingerprint density at radius 2 is 2.22 bits per heavy atom. The third-order valence-electron chi connectivity index (χ3n) is 2.35. The Kier molecular flexibility index (Phi) is 4.29. The van der Waals surface area contributed by atoms with Gasteiger partial charge in [-0.3, -0.25) is 0 Å². The fourth-order valence-electron chi connectivity index (χ4n) is 1.61. The summed E-state index contributed by atoms with van der Waals surface area (Å²) >= 11 is 6.98. The van der Waals surface area contributed by atoms with E-state index in [4.69, 9.17) is 4.74 Å². The molecular weight excluding hydrogens is 334 g/mol. The fourth-order valence-corrected chi connectivity index (χ4v) is 4.71. The van der Waals surface area contributed by atoms with Crippen LogP contribution in [-0.2, 0) is 11.3 Å². The van der Waals surface area contributed by atoms with Gasteiger partial charge in [-0.05, 0) is 42.8 Å². The maximum Gasteiger partial charge on any atom is 0.410 e. The highest BCUT2D eigenvalue weighted by molar-refractivity contribution is 9.11. The normalized spacial score (nSPS) is 16.1. The molecule has 18 heavy (non-hydrogen) atoms. The first kappa shape index (κ1) is 14.2. The lowest BCUT2D eigenvalue weighted by Crippen LogP contribution is -2.37. The van der Waals surface area contributed by atoms with Crippen LogP contribution in [0.5, 0.6) is 0 Å². The van der Waals surface area contributed by atoms with Crippen molar-refractivity contribution in [1.82, 2.24) is 4.90 Å². The van der Waals surface area contributed by atoms with E-state index in [2.05, 4.69) is 22.0 Å². The molecule has 0 N–H and O–H groups in total. The second-order valence-corrected chi connectivity index (χ2v) is 8.74. The predicted octanol–water partition coefficient (Wildman–Crippen LogP) is 4.35. The number of thioether (sulfide) groups is 1. The molecule has 1 aromatic heterocycles. The van der Waals surface area contributed by atoms with Crippen LogP contribution in [0.25, 0.3) is 0 Å². The third kappa shape index (κ3) is 3.65. The molecule has 0 saturated heterocycles. The van der Waals surface area contributed by atoms with Crippen molar-refractivity contribution in [2.75, 3.05) is 12.3 Å². The molecule has 6 heteroatoms. The van der Waals surface area contributed by atoms with Crippen LogP contribution in [0.15, 0.2) is 14.7 Å². The van der Waals surface area contributed by atoms with E-state index in [0.29, 0.717) is 6.54 Å².